The Kier molecular flexibility index (Phi) is 3.54. The summed E-state index contributed by atoms with van der Waals surface area (Å²) in [6.07, 6.45) is 1.38. The van der Waals surface area contributed by atoms with E-state index in [4.69, 9.17) is 10.4 Å². The van der Waals surface area contributed by atoms with E-state index in [0.717, 1.165) is 0 Å². The highest BCUT2D eigenvalue weighted by Gasteiger charge is 2.05. The lowest BCUT2D eigenvalue weighted by Crippen LogP contribution is -2.23. The number of hydrogen-bond acceptors (Lipinski definition) is 6. The van der Waals surface area contributed by atoms with Crippen LogP contribution in [-0.2, 0) is 10.0 Å². The maximum Gasteiger partial charge on any atom is 0.210 e. The highest BCUT2D eigenvalue weighted by Crippen LogP contribution is 2.07. The maximum atomic E-state index is 10.6. The summed E-state index contributed by atoms with van der Waals surface area (Å²) in [6.45, 7) is 0.0895. The van der Waals surface area contributed by atoms with Gasteiger partial charge in [0.1, 0.15) is 6.07 Å². The van der Waals surface area contributed by atoms with Gasteiger partial charge in [0.05, 0.1) is 17.5 Å². The Hall–Kier alpha value is -1.72. The number of sulfonamides is 1. The third-order valence-corrected chi connectivity index (χ3v) is 2.29. The van der Waals surface area contributed by atoms with Crippen LogP contribution in [-0.4, -0.2) is 30.9 Å². The molecular formula is C7H9N5O2S. The Morgan fingerprint density at radius 3 is 2.93 bits per heavy atom. The van der Waals surface area contributed by atoms with Crippen LogP contribution in [0.1, 0.15) is 5.56 Å². The van der Waals surface area contributed by atoms with Gasteiger partial charge in [-0.05, 0) is 6.07 Å². The topological polar surface area (TPSA) is 122 Å². The lowest BCUT2D eigenvalue weighted by Gasteiger charge is -2.04. The van der Waals surface area contributed by atoms with Crippen LogP contribution in [0.5, 0.6) is 0 Å². The van der Waals surface area contributed by atoms with Crippen LogP contribution in [0.15, 0.2) is 12.3 Å². The van der Waals surface area contributed by atoms with Crippen molar-refractivity contribution in [2.75, 3.05) is 17.6 Å². The first-order valence-electron chi connectivity index (χ1n) is 3.99. The Balaban J connectivity index is 2.63. The molecule has 1 heterocycles. The molecule has 1 rings (SSSR count). The predicted molar refractivity (Wildman–Crippen MR) is 53.2 cm³/mol. The van der Waals surface area contributed by atoms with Crippen molar-refractivity contribution in [3.8, 4) is 6.07 Å². The number of nitriles is 1. The van der Waals surface area contributed by atoms with Crippen molar-refractivity contribution in [1.29, 1.82) is 5.26 Å². The second-order valence-electron chi connectivity index (χ2n) is 2.70. The number of hydrogen-bond donors (Lipinski definition) is 2. The SMILES string of the molecule is N#Cc1ccnnc1NCCS(N)(=O)=O. The van der Waals surface area contributed by atoms with Gasteiger partial charge in [-0.15, -0.1) is 5.10 Å². The molecule has 0 aliphatic carbocycles. The molecular weight excluding hydrogens is 218 g/mol. The van der Waals surface area contributed by atoms with Gasteiger partial charge >= 0.3 is 0 Å². The molecule has 0 unspecified atom stereocenters. The van der Waals surface area contributed by atoms with E-state index >= 15 is 0 Å². The van der Waals surface area contributed by atoms with Gasteiger partial charge in [-0.25, -0.2) is 13.6 Å². The summed E-state index contributed by atoms with van der Waals surface area (Å²) in [6, 6.07) is 3.38. The first-order valence-corrected chi connectivity index (χ1v) is 5.70. The summed E-state index contributed by atoms with van der Waals surface area (Å²) in [4.78, 5) is 0. The molecule has 0 saturated heterocycles. The monoisotopic (exact) mass is 227 g/mol. The van der Waals surface area contributed by atoms with Gasteiger partial charge in [0, 0.05) is 6.54 Å². The molecule has 1 aromatic rings. The molecule has 0 atom stereocenters. The molecule has 0 aliphatic rings. The van der Waals surface area contributed by atoms with Gasteiger partial charge < -0.3 is 5.32 Å². The zero-order valence-corrected chi connectivity index (χ0v) is 8.53. The Morgan fingerprint density at radius 1 is 1.60 bits per heavy atom. The fourth-order valence-electron chi connectivity index (χ4n) is 0.864. The van der Waals surface area contributed by atoms with E-state index in [1.165, 1.54) is 12.3 Å². The number of aromatic nitrogens is 2. The van der Waals surface area contributed by atoms with E-state index in [-0.39, 0.29) is 18.1 Å². The lowest BCUT2D eigenvalue weighted by molar-refractivity contribution is 0.598. The molecule has 0 saturated carbocycles. The summed E-state index contributed by atoms with van der Waals surface area (Å²) in [5, 5.41) is 23.4. The van der Waals surface area contributed by atoms with E-state index in [9.17, 15) is 8.42 Å². The Labute approximate surface area is 87.0 Å². The van der Waals surface area contributed by atoms with Crippen molar-refractivity contribution in [3.63, 3.8) is 0 Å². The van der Waals surface area contributed by atoms with Crippen LogP contribution in [0.25, 0.3) is 0 Å². The minimum atomic E-state index is -3.51. The molecule has 8 heteroatoms. The fraction of sp³-hybridized carbons (Fsp3) is 0.286. The highest BCUT2D eigenvalue weighted by molar-refractivity contribution is 7.89. The van der Waals surface area contributed by atoms with Crippen molar-refractivity contribution in [2.45, 2.75) is 0 Å². The molecule has 0 aliphatic heterocycles. The van der Waals surface area contributed by atoms with E-state index in [0.29, 0.717) is 5.56 Å². The average molecular weight is 227 g/mol. The van der Waals surface area contributed by atoms with Crippen LogP contribution in [0.4, 0.5) is 5.82 Å². The van der Waals surface area contributed by atoms with Crippen LogP contribution in [0.3, 0.4) is 0 Å². The standard InChI is InChI=1S/C7H9N5O2S/c8-5-6-1-2-11-12-7(6)10-3-4-15(9,13)14/h1-2H,3-4H2,(H,10,12)(H2,9,13,14). The van der Waals surface area contributed by atoms with Crippen molar-refractivity contribution >= 4 is 15.8 Å². The summed E-state index contributed by atoms with van der Waals surface area (Å²) in [5.74, 6) is 0.0256. The zero-order chi connectivity index (χ0) is 11.3. The summed E-state index contributed by atoms with van der Waals surface area (Å²) in [7, 11) is -3.51. The number of rotatable bonds is 4. The molecule has 0 amide bonds. The van der Waals surface area contributed by atoms with Gasteiger partial charge in [0.2, 0.25) is 10.0 Å². The van der Waals surface area contributed by atoms with Gasteiger partial charge in [-0.2, -0.15) is 10.4 Å². The van der Waals surface area contributed by atoms with E-state index in [2.05, 4.69) is 15.5 Å². The quantitative estimate of drug-likeness (QED) is 0.683. The lowest BCUT2D eigenvalue weighted by atomic mass is 10.3. The maximum absolute atomic E-state index is 10.6. The summed E-state index contributed by atoms with van der Waals surface area (Å²) >= 11 is 0. The van der Waals surface area contributed by atoms with Crippen LogP contribution < -0.4 is 10.5 Å². The number of nitrogens with zero attached hydrogens (tertiary/aromatic N) is 3. The zero-order valence-electron chi connectivity index (χ0n) is 7.71. The third-order valence-electron chi connectivity index (χ3n) is 1.52. The number of primary sulfonamides is 1. The molecule has 15 heavy (non-hydrogen) atoms. The summed E-state index contributed by atoms with van der Waals surface area (Å²) < 4.78 is 21.2. The highest BCUT2D eigenvalue weighted by atomic mass is 32.2. The molecule has 0 bridgehead atoms. The molecule has 80 valence electrons. The van der Waals surface area contributed by atoms with Crippen molar-refractivity contribution < 1.29 is 8.42 Å². The fourth-order valence-corrected chi connectivity index (χ4v) is 1.25. The first-order chi connectivity index (χ1) is 7.03. The average Bonchev–Trinajstić information content (AvgIpc) is 2.16. The van der Waals surface area contributed by atoms with E-state index < -0.39 is 10.0 Å². The molecule has 0 aromatic carbocycles. The minimum Gasteiger partial charge on any atom is -0.366 e. The van der Waals surface area contributed by atoms with E-state index in [1.807, 2.05) is 6.07 Å². The Bertz CT molecular complexity index is 478. The molecule has 1 aromatic heterocycles. The smallest absolute Gasteiger partial charge is 0.210 e. The molecule has 3 N–H and O–H groups in total. The van der Waals surface area contributed by atoms with Gasteiger partial charge in [0.25, 0.3) is 0 Å². The van der Waals surface area contributed by atoms with Crippen molar-refractivity contribution in [1.82, 2.24) is 10.2 Å². The number of anilines is 1. The molecule has 0 radical (unpaired) electrons. The van der Waals surface area contributed by atoms with Crippen molar-refractivity contribution in [2.24, 2.45) is 5.14 Å². The van der Waals surface area contributed by atoms with Crippen molar-refractivity contribution in [3.05, 3.63) is 17.8 Å². The Morgan fingerprint density at radius 2 is 2.33 bits per heavy atom. The van der Waals surface area contributed by atoms with Crippen LogP contribution >= 0.6 is 0 Å². The predicted octanol–water partition coefficient (Wildman–Crippen LogP) is -0.951. The van der Waals surface area contributed by atoms with Gasteiger partial charge in [-0.1, -0.05) is 0 Å². The number of nitrogens with two attached hydrogens (primary N) is 1. The molecule has 7 nitrogen and oxygen atoms in total. The molecule has 0 fully saturated rings. The van der Waals surface area contributed by atoms with E-state index in [1.54, 1.807) is 0 Å². The number of nitrogens with one attached hydrogen (secondary N) is 1. The molecule has 0 spiro atoms. The normalized spacial score (nSPS) is 10.7. The van der Waals surface area contributed by atoms with Crippen LogP contribution in [0.2, 0.25) is 0 Å². The van der Waals surface area contributed by atoms with Crippen LogP contribution in [0, 0.1) is 11.3 Å². The largest absolute Gasteiger partial charge is 0.366 e. The van der Waals surface area contributed by atoms with Gasteiger partial charge in [0.15, 0.2) is 5.82 Å². The third kappa shape index (κ3) is 3.88. The second kappa shape index (κ2) is 4.68. The first kappa shape index (κ1) is 11.4. The minimum absolute atomic E-state index is 0.0895. The summed E-state index contributed by atoms with van der Waals surface area (Å²) in [5.41, 5.74) is 0.305. The second-order valence-corrected chi connectivity index (χ2v) is 4.43. The van der Waals surface area contributed by atoms with Gasteiger partial charge in [-0.3, -0.25) is 0 Å².